The summed E-state index contributed by atoms with van der Waals surface area (Å²) >= 11 is 0. The minimum absolute atomic E-state index is 0.0408. The first-order valence-corrected chi connectivity index (χ1v) is 3.87. The van der Waals surface area contributed by atoms with Crippen LogP contribution < -0.4 is 10.5 Å². The molecule has 0 spiro atoms. The lowest BCUT2D eigenvalue weighted by Crippen LogP contribution is -2.10. The van der Waals surface area contributed by atoms with Crippen molar-refractivity contribution in [1.82, 2.24) is 0 Å². The van der Waals surface area contributed by atoms with E-state index in [1.807, 2.05) is 6.07 Å². The number of fused-ring (bicyclic) bond motifs is 1. The highest BCUT2D eigenvalue weighted by Crippen LogP contribution is 2.38. The summed E-state index contributed by atoms with van der Waals surface area (Å²) in [6.07, 6.45) is 0. The topological polar surface area (TPSA) is 79.3 Å². The number of hydrogen-bond donors (Lipinski definition) is 2. The van der Waals surface area contributed by atoms with Gasteiger partial charge in [-0.1, -0.05) is 0 Å². The van der Waals surface area contributed by atoms with Crippen LogP contribution in [0.3, 0.4) is 0 Å². The first-order chi connectivity index (χ1) is 6.22. The number of benzene rings is 1. The molecule has 0 unspecified atom stereocenters. The van der Waals surface area contributed by atoms with Crippen molar-refractivity contribution >= 4 is 0 Å². The predicted octanol–water partition coefficient (Wildman–Crippen LogP) is 0.656. The van der Waals surface area contributed by atoms with Crippen LogP contribution in [0.4, 0.5) is 0 Å². The van der Waals surface area contributed by atoms with Gasteiger partial charge in [-0.05, 0) is 12.1 Å². The summed E-state index contributed by atoms with van der Waals surface area (Å²) in [6.45, 7) is 0.359. The average Bonchev–Trinajstić information content (AvgIpc) is 2.48. The third-order valence-electron chi connectivity index (χ3n) is 2.04. The zero-order valence-electron chi connectivity index (χ0n) is 6.82. The Morgan fingerprint density at radius 1 is 1.62 bits per heavy atom. The molecule has 0 fully saturated rings. The van der Waals surface area contributed by atoms with Gasteiger partial charge in [0.05, 0.1) is 23.2 Å². The van der Waals surface area contributed by atoms with E-state index in [2.05, 4.69) is 0 Å². The van der Waals surface area contributed by atoms with Crippen LogP contribution in [-0.2, 0) is 0 Å². The SMILES string of the molecule is N#Cc1cc(O)c2c(c1)OC[C@@H]2N. The maximum atomic E-state index is 9.50. The number of aromatic hydroxyl groups is 1. The smallest absolute Gasteiger partial charge is 0.129 e. The predicted molar refractivity (Wildman–Crippen MR) is 45.2 cm³/mol. The second kappa shape index (κ2) is 2.64. The van der Waals surface area contributed by atoms with Crippen molar-refractivity contribution in [2.75, 3.05) is 6.61 Å². The molecule has 0 radical (unpaired) electrons. The number of hydrogen-bond acceptors (Lipinski definition) is 4. The van der Waals surface area contributed by atoms with Crippen molar-refractivity contribution in [2.24, 2.45) is 5.73 Å². The van der Waals surface area contributed by atoms with Gasteiger partial charge in [0.2, 0.25) is 0 Å². The van der Waals surface area contributed by atoms with E-state index in [1.54, 1.807) is 6.07 Å². The fourth-order valence-electron chi connectivity index (χ4n) is 1.43. The van der Waals surface area contributed by atoms with Crippen molar-refractivity contribution in [3.05, 3.63) is 23.3 Å². The van der Waals surface area contributed by atoms with Crippen LogP contribution in [0.1, 0.15) is 17.2 Å². The maximum absolute atomic E-state index is 9.50. The molecular weight excluding hydrogens is 168 g/mol. The molecular formula is C9H8N2O2. The maximum Gasteiger partial charge on any atom is 0.129 e. The van der Waals surface area contributed by atoms with Crippen molar-refractivity contribution in [3.63, 3.8) is 0 Å². The molecule has 3 N–H and O–H groups in total. The molecule has 1 heterocycles. The lowest BCUT2D eigenvalue weighted by molar-refractivity contribution is 0.333. The molecule has 13 heavy (non-hydrogen) atoms. The highest BCUT2D eigenvalue weighted by molar-refractivity contribution is 5.53. The summed E-state index contributed by atoms with van der Waals surface area (Å²) in [5, 5.41) is 18.1. The van der Waals surface area contributed by atoms with Gasteiger partial charge in [-0.3, -0.25) is 0 Å². The Balaban J connectivity index is 2.61. The van der Waals surface area contributed by atoms with Gasteiger partial charge in [-0.25, -0.2) is 0 Å². The highest BCUT2D eigenvalue weighted by Gasteiger charge is 2.24. The normalized spacial score (nSPS) is 18.9. The van der Waals surface area contributed by atoms with Crippen LogP contribution in [0.5, 0.6) is 11.5 Å². The van der Waals surface area contributed by atoms with Crippen molar-refractivity contribution in [3.8, 4) is 17.6 Å². The van der Waals surface area contributed by atoms with Gasteiger partial charge >= 0.3 is 0 Å². The van der Waals surface area contributed by atoms with E-state index in [0.717, 1.165) is 0 Å². The Kier molecular flexibility index (Phi) is 1.61. The number of nitrogens with zero attached hydrogens (tertiary/aromatic N) is 1. The van der Waals surface area contributed by atoms with E-state index in [0.29, 0.717) is 23.5 Å². The molecule has 1 aliphatic rings. The molecule has 4 nitrogen and oxygen atoms in total. The third kappa shape index (κ3) is 1.10. The molecule has 0 saturated heterocycles. The summed E-state index contributed by atoms with van der Waals surface area (Å²) in [6, 6.07) is 4.62. The fraction of sp³-hybridized carbons (Fsp3) is 0.222. The molecule has 4 heteroatoms. The summed E-state index contributed by atoms with van der Waals surface area (Å²) < 4.78 is 5.20. The van der Waals surface area contributed by atoms with E-state index in [-0.39, 0.29) is 11.8 Å². The molecule has 0 bridgehead atoms. The van der Waals surface area contributed by atoms with Crippen LogP contribution in [0.15, 0.2) is 12.1 Å². The molecule has 1 aromatic carbocycles. The van der Waals surface area contributed by atoms with E-state index < -0.39 is 0 Å². The summed E-state index contributed by atoms with van der Waals surface area (Å²) in [5.74, 6) is 0.558. The standard InChI is InChI=1S/C9H8N2O2/c10-3-5-1-7(12)9-6(11)4-13-8(9)2-5/h1-2,6,12H,4,11H2/t6-/m0/s1. The average molecular weight is 176 g/mol. The van der Waals surface area contributed by atoms with Crippen LogP contribution in [-0.4, -0.2) is 11.7 Å². The van der Waals surface area contributed by atoms with E-state index in [4.69, 9.17) is 15.7 Å². The van der Waals surface area contributed by atoms with E-state index in [1.165, 1.54) is 6.07 Å². The van der Waals surface area contributed by atoms with Crippen LogP contribution in [0.25, 0.3) is 0 Å². The third-order valence-corrected chi connectivity index (χ3v) is 2.04. The molecule has 1 atom stereocenters. The number of ether oxygens (including phenoxy) is 1. The van der Waals surface area contributed by atoms with Crippen molar-refractivity contribution < 1.29 is 9.84 Å². The summed E-state index contributed by atoms with van der Waals surface area (Å²) in [7, 11) is 0. The van der Waals surface area contributed by atoms with Gasteiger partial charge in [-0.2, -0.15) is 5.26 Å². The van der Waals surface area contributed by atoms with Gasteiger partial charge in [0, 0.05) is 0 Å². The quantitative estimate of drug-likeness (QED) is 0.608. The second-order valence-electron chi connectivity index (χ2n) is 2.94. The minimum Gasteiger partial charge on any atom is -0.507 e. The van der Waals surface area contributed by atoms with Gasteiger partial charge < -0.3 is 15.6 Å². The zero-order chi connectivity index (χ0) is 9.42. The van der Waals surface area contributed by atoms with E-state index in [9.17, 15) is 5.11 Å². The number of nitriles is 1. The first-order valence-electron chi connectivity index (χ1n) is 3.87. The summed E-state index contributed by atoms with van der Waals surface area (Å²) in [4.78, 5) is 0. The molecule has 1 aromatic rings. The van der Waals surface area contributed by atoms with Crippen molar-refractivity contribution in [1.29, 1.82) is 5.26 Å². The molecule has 0 amide bonds. The zero-order valence-corrected chi connectivity index (χ0v) is 6.82. The molecule has 66 valence electrons. The molecule has 0 saturated carbocycles. The minimum atomic E-state index is -0.289. The molecule has 1 aliphatic heterocycles. The lowest BCUT2D eigenvalue weighted by atomic mass is 10.1. The Bertz CT molecular complexity index is 395. The van der Waals surface area contributed by atoms with Gasteiger partial charge in [0.1, 0.15) is 18.1 Å². The second-order valence-corrected chi connectivity index (χ2v) is 2.94. The Morgan fingerprint density at radius 3 is 3.08 bits per heavy atom. The van der Waals surface area contributed by atoms with Gasteiger partial charge in [0.25, 0.3) is 0 Å². The van der Waals surface area contributed by atoms with Crippen LogP contribution in [0, 0.1) is 11.3 Å². The number of rotatable bonds is 0. The van der Waals surface area contributed by atoms with E-state index >= 15 is 0 Å². The Morgan fingerprint density at radius 2 is 2.38 bits per heavy atom. The largest absolute Gasteiger partial charge is 0.507 e. The number of phenolic OH excluding ortho intramolecular Hbond substituents is 1. The fourth-order valence-corrected chi connectivity index (χ4v) is 1.43. The monoisotopic (exact) mass is 176 g/mol. The molecule has 2 rings (SSSR count). The molecule has 0 aliphatic carbocycles. The van der Waals surface area contributed by atoms with Crippen LogP contribution >= 0.6 is 0 Å². The highest BCUT2D eigenvalue weighted by atomic mass is 16.5. The number of phenols is 1. The Hall–Kier alpha value is -1.73. The van der Waals surface area contributed by atoms with Gasteiger partial charge in [0.15, 0.2) is 0 Å². The first kappa shape index (κ1) is 7.90. The van der Waals surface area contributed by atoms with Crippen LogP contribution in [0.2, 0.25) is 0 Å². The molecule has 0 aromatic heterocycles. The van der Waals surface area contributed by atoms with Crippen molar-refractivity contribution in [2.45, 2.75) is 6.04 Å². The lowest BCUT2D eigenvalue weighted by Gasteiger charge is -2.03. The number of nitrogens with two attached hydrogens (primary N) is 1. The summed E-state index contributed by atoms with van der Waals surface area (Å²) in [5.41, 5.74) is 6.65. The van der Waals surface area contributed by atoms with Gasteiger partial charge in [-0.15, -0.1) is 0 Å². The Labute approximate surface area is 75.2 Å².